The summed E-state index contributed by atoms with van der Waals surface area (Å²) in [6, 6.07) is 12.1. The molecule has 0 radical (unpaired) electrons. The number of anilines is 1. The smallest absolute Gasteiger partial charge is 0.293 e. The molecule has 0 saturated heterocycles. The van der Waals surface area contributed by atoms with Crippen molar-refractivity contribution in [3.05, 3.63) is 69.5 Å². The second-order valence-corrected chi connectivity index (χ2v) is 4.55. The highest BCUT2D eigenvalue weighted by molar-refractivity contribution is 5.65. The van der Waals surface area contributed by atoms with Crippen molar-refractivity contribution in [3.8, 4) is 6.07 Å². The molecule has 0 aliphatic carbocycles. The van der Waals surface area contributed by atoms with E-state index in [-0.39, 0.29) is 17.1 Å². The third-order valence-electron chi connectivity index (χ3n) is 3.05. The fourth-order valence-electron chi connectivity index (χ4n) is 2.01. The lowest BCUT2D eigenvalue weighted by Gasteiger charge is -2.19. The molecule has 106 valence electrons. The van der Waals surface area contributed by atoms with E-state index in [2.05, 4.69) is 0 Å². The molecule has 2 aromatic rings. The Bertz CT molecular complexity index is 708. The van der Waals surface area contributed by atoms with Gasteiger partial charge in [-0.15, -0.1) is 0 Å². The van der Waals surface area contributed by atoms with Gasteiger partial charge < -0.3 is 4.90 Å². The first-order valence-electron chi connectivity index (χ1n) is 6.15. The molecular formula is C15H12FN3O2. The van der Waals surface area contributed by atoms with Gasteiger partial charge in [-0.3, -0.25) is 10.1 Å². The zero-order valence-electron chi connectivity index (χ0n) is 11.3. The van der Waals surface area contributed by atoms with E-state index < -0.39 is 4.92 Å². The summed E-state index contributed by atoms with van der Waals surface area (Å²) in [5.74, 6) is -0.328. The third kappa shape index (κ3) is 3.34. The number of nitro groups is 1. The highest BCUT2D eigenvalue weighted by Crippen LogP contribution is 2.29. The Hall–Kier alpha value is -2.94. The maximum absolute atomic E-state index is 12.9. The van der Waals surface area contributed by atoms with E-state index in [9.17, 15) is 14.5 Å². The summed E-state index contributed by atoms with van der Waals surface area (Å²) in [5.41, 5.74) is 1.35. The maximum atomic E-state index is 12.9. The fraction of sp³-hybridized carbons (Fsp3) is 0.133. The zero-order chi connectivity index (χ0) is 15.4. The van der Waals surface area contributed by atoms with E-state index in [1.807, 2.05) is 6.07 Å². The van der Waals surface area contributed by atoms with Crippen molar-refractivity contribution in [2.45, 2.75) is 6.54 Å². The van der Waals surface area contributed by atoms with Crippen LogP contribution in [0.15, 0.2) is 42.5 Å². The topological polar surface area (TPSA) is 70.2 Å². The molecule has 0 aliphatic rings. The van der Waals surface area contributed by atoms with Crippen LogP contribution in [0.5, 0.6) is 0 Å². The van der Waals surface area contributed by atoms with Crippen molar-refractivity contribution in [2.24, 2.45) is 0 Å². The normalized spacial score (nSPS) is 9.95. The molecule has 0 atom stereocenters. The highest BCUT2D eigenvalue weighted by Gasteiger charge is 2.18. The second-order valence-electron chi connectivity index (χ2n) is 4.55. The summed E-state index contributed by atoms with van der Waals surface area (Å²) in [5, 5.41) is 19.9. The molecular weight excluding hydrogens is 273 g/mol. The number of rotatable bonds is 4. The van der Waals surface area contributed by atoms with Gasteiger partial charge in [-0.2, -0.15) is 5.26 Å². The Balaban J connectivity index is 2.30. The minimum atomic E-state index is -0.517. The molecule has 0 amide bonds. The van der Waals surface area contributed by atoms with Crippen LogP contribution < -0.4 is 4.90 Å². The molecule has 0 bridgehead atoms. The van der Waals surface area contributed by atoms with Crippen molar-refractivity contribution in [1.82, 2.24) is 0 Å². The average Bonchev–Trinajstić information content (AvgIpc) is 2.48. The summed E-state index contributed by atoms with van der Waals surface area (Å²) in [7, 11) is 1.71. The van der Waals surface area contributed by atoms with E-state index in [4.69, 9.17) is 5.26 Å². The summed E-state index contributed by atoms with van der Waals surface area (Å²) in [6.45, 7) is 0.396. The summed E-state index contributed by atoms with van der Waals surface area (Å²) in [4.78, 5) is 12.3. The Morgan fingerprint density at radius 2 is 1.95 bits per heavy atom. The zero-order valence-corrected chi connectivity index (χ0v) is 11.3. The van der Waals surface area contributed by atoms with E-state index in [1.165, 1.54) is 24.3 Å². The summed E-state index contributed by atoms with van der Waals surface area (Å²) >= 11 is 0. The van der Waals surface area contributed by atoms with Gasteiger partial charge in [0.1, 0.15) is 11.5 Å². The average molecular weight is 285 g/mol. The van der Waals surface area contributed by atoms with Crippen molar-refractivity contribution < 1.29 is 9.31 Å². The van der Waals surface area contributed by atoms with Crippen LogP contribution in [0.25, 0.3) is 0 Å². The number of nitrogens with zero attached hydrogens (tertiary/aromatic N) is 3. The predicted octanol–water partition coefficient (Wildman–Crippen LogP) is 3.24. The van der Waals surface area contributed by atoms with Crippen LogP contribution in [0.3, 0.4) is 0 Å². The Morgan fingerprint density at radius 3 is 2.52 bits per heavy atom. The molecule has 0 spiro atoms. The lowest BCUT2D eigenvalue weighted by Crippen LogP contribution is -2.17. The molecule has 21 heavy (non-hydrogen) atoms. The van der Waals surface area contributed by atoms with Gasteiger partial charge in [0.05, 0.1) is 16.6 Å². The van der Waals surface area contributed by atoms with Gasteiger partial charge in [-0.05, 0) is 29.8 Å². The highest BCUT2D eigenvalue weighted by atomic mass is 19.1. The summed E-state index contributed by atoms with van der Waals surface area (Å²) in [6.07, 6.45) is 0. The van der Waals surface area contributed by atoms with E-state index >= 15 is 0 Å². The second kappa shape index (κ2) is 6.01. The lowest BCUT2D eigenvalue weighted by atomic mass is 10.1. The van der Waals surface area contributed by atoms with Crippen LogP contribution in [0.2, 0.25) is 0 Å². The Labute approximate surface area is 121 Å². The molecule has 2 aromatic carbocycles. The van der Waals surface area contributed by atoms with Gasteiger partial charge in [0, 0.05) is 19.7 Å². The van der Waals surface area contributed by atoms with Crippen LogP contribution in [0.4, 0.5) is 15.8 Å². The quantitative estimate of drug-likeness (QED) is 0.638. The molecule has 0 heterocycles. The molecule has 0 N–H and O–H groups in total. The molecule has 0 aromatic heterocycles. The standard InChI is InChI=1S/C15H12FN3O2/c1-18(10-11-2-5-13(16)6-3-11)14-7-4-12(9-17)8-15(14)19(20)21/h2-8H,10H2,1H3. The first-order valence-corrected chi connectivity index (χ1v) is 6.15. The minimum absolute atomic E-state index is 0.126. The lowest BCUT2D eigenvalue weighted by molar-refractivity contribution is -0.384. The van der Waals surface area contributed by atoms with E-state index in [1.54, 1.807) is 30.1 Å². The van der Waals surface area contributed by atoms with Crippen LogP contribution in [0.1, 0.15) is 11.1 Å². The van der Waals surface area contributed by atoms with Crippen molar-refractivity contribution in [1.29, 1.82) is 5.26 Å². The van der Waals surface area contributed by atoms with Gasteiger partial charge in [0.25, 0.3) is 5.69 Å². The van der Waals surface area contributed by atoms with Crippen molar-refractivity contribution >= 4 is 11.4 Å². The number of hydrogen-bond donors (Lipinski definition) is 0. The predicted molar refractivity (Wildman–Crippen MR) is 76.3 cm³/mol. The summed E-state index contributed by atoms with van der Waals surface area (Å²) < 4.78 is 12.9. The number of halogens is 1. The minimum Gasteiger partial charge on any atom is -0.365 e. The number of nitro benzene ring substituents is 1. The molecule has 0 aliphatic heterocycles. The van der Waals surface area contributed by atoms with Gasteiger partial charge >= 0.3 is 0 Å². The van der Waals surface area contributed by atoms with Crippen molar-refractivity contribution in [2.75, 3.05) is 11.9 Å². The Kier molecular flexibility index (Phi) is 4.14. The van der Waals surface area contributed by atoms with Gasteiger partial charge in [0.2, 0.25) is 0 Å². The van der Waals surface area contributed by atoms with E-state index in [0.29, 0.717) is 12.2 Å². The molecule has 5 nitrogen and oxygen atoms in total. The fourth-order valence-corrected chi connectivity index (χ4v) is 2.01. The number of hydrogen-bond acceptors (Lipinski definition) is 4. The van der Waals surface area contributed by atoms with Crippen LogP contribution in [0, 0.1) is 27.3 Å². The van der Waals surface area contributed by atoms with Crippen LogP contribution in [-0.2, 0) is 6.54 Å². The van der Waals surface area contributed by atoms with Gasteiger partial charge in [-0.1, -0.05) is 12.1 Å². The van der Waals surface area contributed by atoms with Gasteiger partial charge in [0.15, 0.2) is 0 Å². The van der Waals surface area contributed by atoms with Gasteiger partial charge in [-0.25, -0.2) is 4.39 Å². The molecule has 0 saturated carbocycles. The largest absolute Gasteiger partial charge is 0.365 e. The van der Waals surface area contributed by atoms with Crippen LogP contribution >= 0.6 is 0 Å². The molecule has 2 rings (SSSR count). The number of nitriles is 1. The first-order chi connectivity index (χ1) is 10.0. The Morgan fingerprint density at radius 1 is 1.29 bits per heavy atom. The third-order valence-corrected chi connectivity index (χ3v) is 3.05. The first kappa shape index (κ1) is 14.5. The van der Waals surface area contributed by atoms with Crippen LogP contribution in [-0.4, -0.2) is 12.0 Å². The van der Waals surface area contributed by atoms with E-state index in [0.717, 1.165) is 5.56 Å². The SMILES string of the molecule is CN(Cc1ccc(F)cc1)c1ccc(C#N)cc1[N+](=O)[O-]. The maximum Gasteiger partial charge on any atom is 0.293 e. The molecule has 0 fully saturated rings. The number of benzene rings is 2. The monoisotopic (exact) mass is 285 g/mol. The molecule has 6 heteroatoms. The molecule has 0 unspecified atom stereocenters. The van der Waals surface area contributed by atoms with Crippen molar-refractivity contribution in [3.63, 3.8) is 0 Å².